The Labute approximate surface area is 172 Å². The molecule has 2 aromatic rings. The highest BCUT2D eigenvalue weighted by Crippen LogP contribution is 2.25. The van der Waals surface area contributed by atoms with Crippen molar-refractivity contribution in [2.45, 2.75) is 18.9 Å². The van der Waals surface area contributed by atoms with Crippen LogP contribution in [0.3, 0.4) is 0 Å². The molecule has 1 saturated heterocycles. The molecule has 6 nitrogen and oxygen atoms in total. The van der Waals surface area contributed by atoms with Crippen LogP contribution in [0.1, 0.15) is 12.0 Å². The molecule has 0 saturated carbocycles. The van der Waals surface area contributed by atoms with Crippen LogP contribution in [-0.4, -0.2) is 68.6 Å². The molecular formula is C23H28N2O4. The molecule has 0 bridgehead atoms. The lowest BCUT2D eigenvalue weighted by Crippen LogP contribution is -2.58. The molecule has 0 aromatic heterocycles. The summed E-state index contributed by atoms with van der Waals surface area (Å²) in [5.74, 6) is 0.762. The Morgan fingerprint density at radius 1 is 1.07 bits per heavy atom. The second-order valence-electron chi connectivity index (χ2n) is 7.24. The molecule has 154 valence electrons. The van der Waals surface area contributed by atoms with Gasteiger partial charge in [-0.2, -0.15) is 0 Å². The Morgan fingerprint density at radius 2 is 1.83 bits per heavy atom. The van der Waals surface area contributed by atoms with E-state index in [2.05, 4.69) is 0 Å². The number of carbonyl (C=O) groups excluding carboxylic acids is 2. The van der Waals surface area contributed by atoms with Gasteiger partial charge in [-0.25, -0.2) is 0 Å². The lowest BCUT2D eigenvalue weighted by atomic mass is 9.98. The molecule has 1 fully saturated rings. The molecule has 2 amide bonds. The third kappa shape index (κ3) is 4.95. The van der Waals surface area contributed by atoms with Crippen molar-refractivity contribution in [3.05, 3.63) is 54.1 Å². The molecule has 1 aliphatic rings. The molecule has 0 radical (unpaired) electrons. The van der Waals surface area contributed by atoms with E-state index in [9.17, 15) is 9.59 Å². The van der Waals surface area contributed by atoms with Crippen LogP contribution in [-0.2, 0) is 20.7 Å². The molecule has 1 heterocycles. The molecule has 0 aliphatic carbocycles. The SMILES string of the molecule is COCCC(=O)N1CCN(C)C(=O)[C@@H]1Cc1ccc(-c2cccc(OC)c2)cc1. The van der Waals surface area contributed by atoms with E-state index >= 15 is 0 Å². The largest absolute Gasteiger partial charge is 0.497 e. The Bertz CT molecular complexity index is 850. The van der Waals surface area contributed by atoms with Gasteiger partial charge in [0.25, 0.3) is 0 Å². The summed E-state index contributed by atoms with van der Waals surface area (Å²) in [7, 11) is 5.02. The van der Waals surface area contributed by atoms with Crippen LogP contribution in [0.25, 0.3) is 11.1 Å². The zero-order valence-electron chi connectivity index (χ0n) is 17.3. The van der Waals surface area contributed by atoms with Gasteiger partial charge in [-0.3, -0.25) is 9.59 Å². The monoisotopic (exact) mass is 396 g/mol. The van der Waals surface area contributed by atoms with E-state index in [1.54, 1.807) is 31.1 Å². The van der Waals surface area contributed by atoms with Crippen molar-refractivity contribution in [3.8, 4) is 16.9 Å². The van der Waals surface area contributed by atoms with Crippen LogP contribution >= 0.6 is 0 Å². The first kappa shape index (κ1) is 20.9. The third-order valence-electron chi connectivity index (χ3n) is 5.34. The van der Waals surface area contributed by atoms with E-state index in [-0.39, 0.29) is 11.8 Å². The molecular weight excluding hydrogens is 368 g/mol. The molecule has 29 heavy (non-hydrogen) atoms. The molecule has 1 aliphatic heterocycles. The highest BCUT2D eigenvalue weighted by Gasteiger charge is 2.35. The maximum Gasteiger partial charge on any atom is 0.245 e. The molecule has 0 unspecified atom stereocenters. The van der Waals surface area contributed by atoms with Crippen LogP contribution in [0.5, 0.6) is 5.75 Å². The Kier molecular flexibility index (Phi) is 6.88. The van der Waals surface area contributed by atoms with Crippen LogP contribution in [0.15, 0.2) is 48.5 Å². The van der Waals surface area contributed by atoms with E-state index in [1.165, 1.54) is 0 Å². The number of piperazine rings is 1. The Hall–Kier alpha value is -2.86. The topological polar surface area (TPSA) is 59.1 Å². The van der Waals surface area contributed by atoms with Crippen molar-refractivity contribution in [1.82, 2.24) is 9.80 Å². The summed E-state index contributed by atoms with van der Waals surface area (Å²) in [6.07, 6.45) is 0.791. The van der Waals surface area contributed by atoms with Crippen molar-refractivity contribution >= 4 is 11.8 Å². The second kappa shape index (κ2) is 9.56. The van der Waals surface area contributed by atoms with Gasteiger partial charge in [0.05, 0.1) is 20.1 Å². The predicted octanol–water partition coefficient (Wildman–Crippen LogP) is 2.61. The minimum atomic E-state index is -0.472. The quantitative estimate of drug-likeness (QED) is 0.722. The van der Waals surface area contributed by atoms with E-state index in [0.717, 1.165) is 22.4 Å². The van der Waals surface area contributed by atoms with Crippen LogP contribution in [0.4, 0.5) is 0 Å². The number of methoxy groups -OCH3 is 2. The van der Waals surface area contributed by atoms with Crippen LogP contribution in [0.2, 0.25) is 0 Å². The fraction of sp³-hybridized carbons (Fsp3) is 0.391. The number of likely N-dealkylation sites (N-methyl/N-ethyl adjacent to an activating group) is 1. The molecule has 0 spiro atoms. The fourth-order valence-electron chi connectivity index (χ4n) is 3.60. The minimum Gasteiger partial charge on any atom is -0.497 e. The standard InChI is InChI=1S/C23H28N2O4/c1-24-12-13-25(22(26)11-14-28-2)21(23(24)27)15-17-7-9-18(10-8-17)19-5-4-6-20(16-19)29-3/h4-10,16,21H,11-15H2,1-3H3/t21-/m0/s1. The number of ether oxygens (including phenoxy) is 2. The fourth-order valence-corrected chi connectivity index (χ4v) is 3.60. The van der Waals surface area contributed by atoms with Crippen LogP contribution in [0, 0.1) is 0 Å². The molecule has 1 atom stereocenters. The minimum absolute atomic E-state index is 0.0149. The van der Waals surface area contributed by atoms with Gasteiger partial charge >= 0.3 is 0 Å². The van der Waals surface area contributed by atoms with Gasteiger partial charge in [-0.1, -0.05) is 36.4 Å². The number of amides is 2. The van der Waals surface area contributed by atoms with Crippen molar-refractivity contribution in [2.24, 2.45) is 0 Å². The number of hydrogen-bond donors (Lipinski definition) is 0. The zero-order valence-corrected chi connectivity index (χ0v) is 17.3. The summed E-state index contributed by atoms with van der Waals surface area (Å²) in [5.41, 5.74) is 3.17. The zero-order chi connectivity index (χ0) is 20.8. The predicted molar refractivity (Wildman–Crippen MR) is 112 cm³/mol. The summed E-state index contributed by atoms with van der Waals surface area (Å²) >= 11 is 0. The number of rotatable bonds is 7. The van der Waals surface area contributed by atoms with Gasteiger partial charge < -0.3 is 19.3 Å². The lowest BCUT2D eigenvalue weighted by Gasteiger charge is -2.39. The van der Waals surface area contributed by atoms with Gasteiger partial charge in [-0.05, 0) is 28.8 Å². The van der Waals surface area contributed by atoms with E-state index < -0.39 is 6.04 Å². The van der Waals surface area contributed by atoms with E-state index in [1.807, 2.05) is 48.5 Å². The summed E-state index contributed by atoms with van der Waals surface area (Å²) in [6, 6.07) is 15.6. The lowest BCUT2D eigenvalue weighted by molar-refractivity contribution is -0.150. The van der Waals surface area contributed by atoms with Gasteiger partial charge in [-0.15, -0.1) is 0 Å². The summed E-state index contributed by atoms with van der Waals surface area (Å²) < 4.78 is 10.3. The Balaban J connectivity index is 1.76. The first-order valence-corrected chi connectivity index (χ1v) is 9.80. The Morgan fingerprint density at radius 3 is 2.52 bits per heavy atom. The van der Waals surface area contributed by atoms with Crippen molar-refractivity contribution in [1.29, 1.82) is 0 Å². The maximum absolute atomic E-state index is 12.8. The summed E-state index contributed by atoms with van der Waals surface area (Å²) in [4.78, 5) is 28.7. The second-order valence-corrected chi connectivity index (χ2v) is 7.24. The molecule has 0 N–H and O–H groups in total. The van der Waals surface area contributed by atoms with Gasteiger partial charge in [0.15, 0.2) is 0 Å². The summed E-state index contributed by atoms with van der Waals surface area (Å²) in [6.45, 7) is 1.47. The average molecular weight is 396 g/mol. The highest BCUT2D eigenvalue weighted by atomic mass is 16.5. The number of carbonyl (C=O) groups is 2. The van der Waals surface area contributed by atoms with Crippen molar-refractivity contribution in [2.75, 3.05) is 41.0 Å². The van der Waals surface area contributed by atoms with Crippen molar-refractivity contribution < 1.29 is 19.1 Å². The average Bonchev–Trinajstić information content (AvgIpc) is 2.76. The van der Waals surface area contributed by atoms with Gasteiger partial charge in [0, 0.05) is 33.7 Å². The first-order chi connectivity index (χ1) is 14.0. The van der Waals surface area contributed by atoms with Gasteiger partial charge in [0.1, 0.15) is 11.8 Å². The summed E-state index contributed by atoms with van der Waals surface area (Å²) in [5, 5.41) is 0. The number of benzene rings is 2. The van der Waals surface area contributed by atoms with E-state index in [4.69, 9.17) is 9.47 Å². The maximum atomic E-state index is 12.8. The third-order valence-corrected chi connectivity index (χ3v) is 5.34. The first-order valence-electron chi connectivity index (χ1n) is 9.80. The smallest absolute Gasteiger partial charge is 0.245 e. The number of nitrogens with zero attached hydrogens (tertiary/aromatic N) is 2. The van der Waals surface area contributed by atoms with Gasteiger partial charge in [0.2, 0.25) is 11.8 Å². The van der Waals surface area contributed by atoms with Crippen LogP contribution < -0.4 is 4.74 Å². The number of hydrogen-bond acceptors (Lipinski definition) is 4. The van der Waals surface area contributed by atoms with E-state index in [0.29, 0.717) is 32.5 Å². The highest BCUT2D eigenvalue weighted by molar-refractivity contribution is 5.89. The molecule has 2 aromatic carbocycles. The normalized spacial score (nSPS) is 16.8. The molecule has 3 rings (SSSR count). The molecule has 6 heteroatoms. The van der Waals surface area contributed by atoms with Crippen molar-refractivity contribution in [3.63, 3.8) is 0 Å².